The number of nitrogens with one attached hydrogen (secondary N) is 2. The lowest BCUT2D eigenvalue weighted by Crippen LogP contribution is -2.35. The molecule has 6 amide bonds. The first-order valence-corrected chi connectivity index (χ1v) is 21.3. The average Bonchev–Trinajstić information content (AvgIpc) is 3.58. The lowest BCUT2D eigenvalue weighted by Gasteiger charge is -2.30. The Morgan fingerprint density at radius 3 is 1.45 bits per heavy atom. The maximum Gasteiger partial charge on any atom is 0.253 e. The van der Waals surface area contributed by atoms with E-state index in [-0.39, 0.29) is 83.4 Å². The fraction of sp³-hybridized carbons (Fsp3) is 0.639. The van der Waals surface area contributed by atoms with E-state index in [1.165, 1.54) is 38.2 Å². The summed E-state index contributed by atoms with van der Waals surface area (Å²) in [5.41, 5.74) is 4.92. The van der Waals surface area contributed by atoms with Gasteiger partial charge in [0.25, 0.3) is 23.6 Å². The van der Waals surface area contributed by atoms with Gasteiger partial charge in [-0.3, -0.25) is 53.1 Å². The molecular weight excluding hydrogens is 803 g/mol. The monoisotopic (exact) mass is 863 g/mol. The molecule has 0 bridgehead atoms. The summed E-state index contributed by atoms with van der Waals surface area (Å²) in [5.74, 6) is -2.33. The first-order valence-electron chi connectivity index (χ1n) is 16.8. The summed E-state index contributed by atoms with van der Waals surface area (Å²) in [6.07, 6.45) is 7.76. The van der Waals surface area contributed by atoms with Crippen LogP contribution in [0.1, 0.15) is 108 Å². The Kier molecular flexibility index (Phi) is 34.1. The van der Waals surface area contributed by atoms with Crippen LogP contribution in [0.3, 0.4) is 0 Å². The first-order chi connectivity index (χ1) is 24.8. The van der Waals surface area contributed by atoms with Gasteiger partial charge in [0, 0.05) is 83.0 Å². The number of unbranched alkanes of at least 4 members (excludes halogenated alkanes) is 2. The number of nitrogens with zero attached hydrogens (tertiary/aromatic N) is 3. The van der Waals surface area contributed by atoms with Gasteiger partial charge < -0.3 is 26.2 Å². The van der Waals surface area contributed by atoms with Crippen LogP contribution in [0.2, 0.25) is 0 Å². The first kappa shape index (κ1) is 59.0. The third kappa shape index (κ3) is 27.8. The number of aliphatic imine (C=N–C) groups is 1. The molecule has 2 rings (SSSR count). The van der Waals surface area contributed by atoms with Crippen LogP contribution in [0.15, 0.2) is 29.3 Å². The largest absolute Gasteiger partial charge is 0.595 e. The van der Waals surface area contributed by atoms with Gasteiger partial charge in [-0.2, -0.15) is 0 Å². The Balaban J connectivity index is -0.000000431. The lowest BCUT2D eigenvalue weighted by molar-refractivity contribution is -0.261. The maximum absolute atomic E-state index is 11.8. The molecule has 4 N–H and O–H groups in total. The average molecular weight is 864 g/mol. The van der Waals surface area contributed by atoms with Gasteiger partial charge in [0.1, 0.15) is 17.9 Å². The van der Waals surface area contributed by atoms with E-state index in [1.54, 1.807) is 20.8 Å². The van der Waals surface area contributed by atoms with Crippen LogP contribution in [-0.2, 0) is 66.7 Å². The number of Topliss-reactive ketones (excluding diaryl/α,β-unsaturated/α-hetero) is 2. The highest BCUT2D eigenvalue weighted by molar-refractivity contribution is 8.40. The second-order valence-electron chi connectivity index (χ2n) is 12.6. The van der Waals surface area contributed by atoms with E-state index >= 15 is 0 Å². The zero-order valence-electron chi connectivity index (χ0n) is 30.7. The van der Waals surface area contributed by atoms with E-state index in [9.17, 15) is 43.5 Å². The Bertz CT molecular complexity index is 1390. The third-order valence-electron chi connectivity index (χ3n) is 7.10. The summed E-state index contributed by atoms with van der Waals surface area (Å²) in [4.78, 5) is 97.1. The number of hydrogen-bond donors (Lipinski definition) is 3. The summed E-state index contributed by atoms with van der Waals surface area (Å²) in [5, 5.41) is 17.1. The minimum atomic E-state index is -0.763. The standard InChI is InChI=1S/C19H29N3O6.C14H21N3O4.3CH4.P2S2/c1-13(23)14(21-18(27)28-19(2,3)4)7-5-6-11-20-15(24)10-12-22-16(25)8-9-17(22)26;1-10(18)11(15)4-2-3-8-16-12(19)7-9-17-13(20)5-6-14(17)21;;;;3-1-2-4/h8-9,14H,5-7,10-12H2,1-4H3,(H,20,24)(H,21,27);5-6,11H,2-4,7-9,15H2,1H3,(H,16,19);3*1H4;/p-1/t14-;11-;;;;/m11..../s1. The molecule has 0 aromatic rings. The molecule has 20 heteroatoms. The number of carbonyl (C=O) groups excluding carboxylic acids is 8. The number of nitrogens with two attached hydrogens (primary N) is 1. The van der Waals surface area contributed by atoms with E-state index in [0.717, 1.165) is 36.7 Å². The van der Waals surface area contributed by atoms with E-state index in [0.29, 0.717) is 38.8 Å². The second kappa shape index (κ2) is 32.4. The van der Waals surface area contributed by atoms with Crippen molar-refractivity contribution in [1.29, 1.82) is 0 Å². The number of ketones is 2. The fourth-order valence-electron chi connectivity index (χ4n) is 4.29. The maximum atomic E-state index is 11.8. The second-order valence-corrected chi connectivity index (χ2v) is 16.9. The molecule has 0 radical (unpaired) electrons. The van der Waals surface area contributed by atoms with E-state index in [2.05, 4.69) is 39.2 Å². The van der Waals surface area contributed by atoms with Gasteiger partial charge in [0.2, 0.25) is 11.8 Å². The molecule has 0 fully saturated rings. The SMILES string of the molecule is C.C.C.CC(=O)[C@@H](CCCCNC(=O)CCN1C(=O)C=CC1=O)N=C([O-])OC(C)(C)C.CC(=O)[C@H](N)CCCCNC(=O)CCN1C(=O)C=CC1=O.S=PP=S. The molecule has 0 saturated heterocycles. The molecule has 0 saturated carbocycles. The number of imide groups is 2. The highest BCUT2D eigenvalue weighted by atomic mass is 32.7. The molecule has 0 unspecified atom stereocenters. The van der Waals surface area contributed by atoms with Crippen molar-refractivity contribution < 1.29 is 48.2 Å². The molecule has 16 nitrogen and oxygen atoms in total. The van der Waals surface area contributed by atoms with Crippen LogP contribution < -0.4 is 21.5 Å². The molecule has 2 heterocycles. The van der Waals surface area contributed by atoms with Gasteiger partial charge >= 0.3 is 0 Å². The molecule has 56 heavy (non-hydrogen) atoms. The lowest BCUT2D eigenvalue weighted by atomic mass is 10.1. The number of rotatable bonds is 20. The van der Waals surface area contributed by atoms with E-state index in [1.807, 2.05) is 0 Å². The number of carbonyl (C=O) groups is 8. The van der Waals surface area contributed by atoms with Crippen LogP contribution in [0, 0.1) is 0 Å². The van der Waals surface area contributed by atoms with Crippen LogP contribution in [0.5, 0.6) is 0 Å². The summed E-state index contributed by atoms with van der Waals surface area (Å²) < 4.78 is 5.09. The van der Waals surface area contributed by atoms with Gasteiger partial charge in [-0.25, -0.2) is 0 Å². The molecule has 0 spiro atoms. The predicted molar refractivity (Wildman–Crippen MR) is 225 cm³/mol. The van der Waals surface area contributed by atoms with Crippen LogP contribution in [0.25, 0.3) is 0 Å². The van der Waals surface area contributed by atoms with Crippen LogP contribution in [-0.4, -0.2) is 107 Å². The van der Waals surface area contributed by atoms with Gasteiger partial charge in [-0.15, -0.1) is 0 Å². The predicted octanol–water partition coefficient (Wildman–Crippen LogP) is 3.21. The molecule has 0 aromatic carbocycles. The van der Waals surface area contributed by atoms with Crippen molar-refractivity contribution in [2.24, 2.45) is 10.7 Å². The Hall–Kier alpha value is -3.69. The smallest absolute Gasteiger partial charge is 0.253 e. The van der Waals surface area contributed by atoms with Crippen molar-refractivity contribution in [3.05, 3.63) is 24.3 Å². The molecule has 0 aliphatic carbocycles. The van der Waals surface area contributed by atoms with Crippen molar-refractivity contribution in [2.45, 2.75) is 126 Å². The zero-order valence-corrected chi connectivity index (χ0v) is 34.1. The topological polar surface area (TPSA) is 238 Å². The summed E-state index contributed by atoms with van der Waals surface area (Å²) in [6.45, 7) is 9.00. The Labute approximate surface area is 345 Å². The fourth-order valence-corrected chi connectivity index (χ4v) is 4.29. The van der Waals surface area contributed by atoms with Crippen LogP contribution in [0.4, 0.5) is 0 Å². The van der Waals surface area contributed by atoms with Gasteiger partial charge in [0.15, 0.2) is 5.78 Å². The normalized spacial score (nSPS) is 14.3. The van der Waals surface area contributed by atoms with E-state index in [4.69, 9.17) is 10.5 Å². The van der Waals surface area contributed by atoms with Gasteiger partial charge in [-0.05, 0) is 76.0 Å². The molecule has 2 atom stereocenters. The number of amides is 6. The van der Waals surface area contributed by atoms with Crippen molar-refractivity contribution in [1.82, 2.24) is 20.4 Å². The highest BCUT2D eigenvalue weighted by Gasteiger charge is 2.24. The van der Waals surface area contributed by atoms with Crippen molar-refractivity contribution >= 4 is 90.8 Å². The number of hydrogen-bond acceptors (Lipinski definition) is 14. The quantitative estimate of drug-likeness (QED) is 0.0525. The summed E-state index contributed by atoms with van der Waals surface area (Å²) >= 11 is 8.82. The van der Waals surface area contributed by atoms with Gasteiger partial charge in [0.05, 0.1) is 6.04 Å². The molecule has 2 aliphatic rings. The Morgan fingerprint density at radius 1 is 0.750 bits per heavy atom. The summed E-state index contributed by atoms with van der Waals surface area (Å²) in [6, 6.07) is -1.19. The molecular formula is C36H61N6O10P2S2-. The molecule has 0 aromatic heterocycles. The third-order valence-corrected chi connectivity index (χ3v) is 9.76. The van der Waals surface area contributed by atoms with Gasteiger partial charge in [-0.1, -0.05) is 43.1 Å². The van der Waals surface area contributed by atoms with Crippen molar-refractivity contribution in [3.8, 4) is 0 Å². The van der Waals surface area contributed by atoms with Crippen molar-refractivity contribution in [2.75, 3.05) is 26.2 Å². The minimum absolute atomic E-state index is 0. The highest BCUT2D eigenvalue weighted by Crippen LogP contribution is 2.11. The zero-order chi connectivity index (χ0) is 40.6. The molecule has 318 valence electrons. The van der Waals surface area contributed by atoms with E-state index < -0.39 is 35.6 Å². The van der Waals surface area contributed by atoms with Crippen LogP contribution >= 0.6 is 14.1 Å². The minimum Gasteiger partial charge on any atom is -0.595 e. The summed E-state index contributed by atoms with van der Waals surface area (Å²) in [7, 11) is 1.74. The number of ether oxygens (including phenoxy) is 1. The molecule has 2 aliphatic heterocycles. The Morgan fingerprint density at radius 2 is 1.12 bits per heavy atom. The van der Waals surface area contributed by atoms with Crippen molar-refractivity contribution in [3.63, 3.8) is 0 Å².